The second-order valence-corrected chi connectivity index (χ2v) is 14.0. The summed E-state index contributed by atoms with van der Waals surface area (Å²) in [6, 6.07) is 28.3. The van der Waals surface area contributed by atoms with E-state index in [2.05, 4.69) is 44.9 Å². The Morgan fingerprint density at radius 2 is 1.56 bits per heavy atom. The molecule has 0 bridgehead atoms. The van der Waals surface area contributed by atoms with E-state index in [-0.39, 0.29) is 22.3 Å². The number of nitrogens with one attached hydrogen (secondary N) is 2. The van der Waals surface area contributed by atoms with Crippen LogP contribution in [0.5, 0.6) is 11.5 Å². The number of hydrogen-bond acceptors (Lipinski definition) is 6. The van der Waals surface area contributed by atoms with Crippen LogP contribution in [0.25, 0.3) is 27.7 Å². The van der Waals surface area contributed by atoms with Crippen LogP contribution in [-0.4, -0.2) is 63.2 Å². The van der Waals surface area contributed by atoms with Crippen LogP contribution < -0.4 is 19.5 Å². The van der Waals surface area contributed by atoms with Crippen LogP contribution >= 0.6 is 0 Å². The fourth-order valence-corrected chi connectivity index (χ4v) is 7.88. The molecule has 7 rings (SSSR count). The number of fused-ring (bicyclic) bond motifs is 3. The standard InChI is InChI=1S/C37H36N4O6S/c1-40-21-18-28-29-22-26(25-8-5-4-6-9-25)14-17-30(29)41(33(28)35(40)42)27-15-12-24(13-16-27)23-37(19-20-37)38-36(43)39-48(44,45)34-31(46-2)10-7-11-32(34)47-3/h4-17,22H,18-21,23H2,1-3H3,(H2,38,39,43). The molecule has 1 saturated carbocycles. The summed E-state index contributed by atoms with van der Waals surface area (Å²) < 4.78 is 41.0. The van der Waals surface area contributed by atoms with Crippen molar-refractivity contribution >= 4 is 32.9 Å². The van der Waals surface area contributed by atoms with Gasteiger partial charge in [-0.2, -0.15) is 0 Å². The Bertz CT molecular complexity index is 2130. The zero-order valence-corrected chi connectivity index (χ0v) is 27.8. The minimum atomic E-state index is -4.29. The van der Waals surface area contributed by atoms with Crippen molar-refractivity contribution < 1.29 is 27.5 Å². The van der Waals surface area contributed by atoms with Crippen LogP contribution in [0.15, 0.2) is 95.9 Å². The Kier molecular flexibility index (Phi) is 7.87. The first-order chi connectivity index (χ1) is 23.1. The maximum atomic E-state index is 13.6. The van der Waals surface area contributed by atoms with Gasteiger partial charge in [0.15, 0.2) is 4.90 Å². The molecule has 48 heavy (non-hydrogen) atoms. The SMILES string of the molecule is COc1cccc(OC)c1S(=O)(=O)NC(=O)NC1(Cc2ccc(-n3c4c(c5cc(-c6ccccc6)ccc53)CCN(C)C4=O)cc2)CC1. The minimum absolute atomic E-state index is 0.00868. The Labute approximate surface area is 279 Å². The quantitative estimate of drug-likeness (QED) is 0.209. The van der Waals surface area contributed by atoms with E-state index in [0.717, 1.165) is 45.3 Å². The molecule has 0 atom stereocenters. The van der Waals surface area contributed by atoms with E-state index in [1.165, 1.54) is 26.4 Å². The molecule has 0 unspecified atom stereocenters. The fraction of sp³-hybridized carbons (Fsp3) is 0.243. The number of hydrogen-bond donors (Lipinski definition) is 2. The highest BCUT2D eigenvalue weighted by Gasteiger charge is 2.44. The molecule has 0 spiro atoms. The van der Waals surface area contributed by atoms with E-state index in [1.54, 1.807) is 11.0 Å². The van der Waals surface area contributed by atoms with Crippen LogP contribution in [0.1, 0.15) is 34.5 Å². The second kappa shape index (κ2) is 12.1. The lowest BCUT2D eigenvalue weighted by atomic mass is 9.99. The van der Waals surface area contributed by atoms with E-state index in [1.807, 2.05) is 49.5 Å². The summed E-state index contributed by atoms with van der Waals surface area (Å²) in [4.78, 5) is 28.1. The van der Waals surface area contributed by atoms with Crippen LogP contribution in [0.4, 0.5) is 4.79 Å². The molecule has 10 nitrogen and oxygen atoms in total. The molecule has 2 heterocycles. The van der Waals surface area contributed by atoms with Crippen molar-refractivity contribution in [3.63, 3.8) is 0 Å². The topological polar surface area (TPSA) is 119 Å². The molecule has 0 saturated heterocycles. The molecule has 1 fully saturated rings. The first-order valence-corrected chi connectivity index (χ1v) is 17.2. The number of likely N-dealkylation sites (N-methyl/N-ethyl adjacent to an activating group) is 1. The van der Waals surface area contributed by atoms with Crippen molar-refractivity contribution in [1.82, 2.24) is 19.5 Å². The number of urea groups is 1. The van der Waals surface area contributed by atoms with Gasteiger partial charge in [-0.05, 0) is 84.3 Å². The number of carbonyl (C=O) groups excluding carboxylic acids is 2. The third-order valence-corrected chi connectivity index (χ3v) is 10.7. The molecule has 246 valence electrons. The number of nitrogens with zero attached hydrogens (tertiary/aromatic N) is 2. The monoisotopic (exact) mass is 664 g/mol. The Balaban J connectivity index is 1.13. The van der Waals surface area contributed by atoms with Crippen molar-refractivity contribution in [2.45, 2.75) is 36.1 Å². The number of amides is 3. The highest BCUT2D eigenvalue weighted by atomic mass is 32.2. The molecule has 5 aromatic rings. The van der Waals surface area contributed by atoms with Gasteiger partial charge in [-0.15, -0.1) is 0 Å². The van der Waals surface area contributed by atoms with Gasteiger partial charge in [0, 0.05) is 30.2 Å². The summed E-state index contributed by atoms with van der Waals surface area (Å²) in [7, 11) is 0.246. The van der Waals surface area contributed by atoms with Crippen molar-refractivity contribution in [2.75, 3.05) is 27.8 Å². The van der Waals surface area contributed by atoms with Crippen LogP contribution in [0.2, 0.25) is 0 Å². The van der Waals surface area contributed by atoms with Gasteiger partial charge in [-0.25, -0.2) is 17.9 Å². The lowest BCUT2D eigenvalue weighted by Gasteiger charge is -2.24. The lowest BCUT2D eigenvalue weighted by Crippen LogP contribution is -2.46. The van der Waals surface area contributed by atoms with Gasteiger partial charge >= 0.3 is 6.03 Å². The predicted octanol–water partition coefficient (Wildman–Crippen LogP) is 5.71. The summed E-state index contributed by atoms with van der Waals surface area (Å²) in [5, 5.41) is 3.96. The molecular formula is C37H36N4O6S. The van der Waals surface area contributed by atoms with Crippen molar-refractivity contribution in [2.24, 2.45) is 0 Å². The highest BCUT2D eigenvalue weighted by Crippen LogP contribution is 2.40. The zero-order valence-electron chi connectivity index (χ0n) is 26.9. The van der Waals surface area contributed by atoms with Crippen molar-refractivity contribution in [3.05, 3.63) is 108 Å². The normalized spacial score (nSPS) is 15.1. The van der Waals surface area contributed by atoms with Gasteiger partial charge in [0.1, 0.15) is 17.2 Å². The van der Waals surface area contributed by atoms with Crippen molar-refractivity contribution in [3.8, 4) is 28.3 Å². The summed E-state index contributed by atoms with van der Waals surface area (Å²) >= 11 is 0. The smallest absolute Gasteiger partial charge is 0.329 e. The van der Waals surface area contributed by atoms with Gasteiger partial charge in [-0.1, -0.05) is 54.6 Å². The lowest BCUT2D eigenvalue weighted by molar-refractivity contribution is 0.0773. The average molecular weight is 665 g/mol. The summed E-state index contributed by atoms with van der Waals surface area (Å²) in [6.45, 7) is 0.663. The van der Waals surface area contributed by atoms with Crippen LogP contribution in [0, 0.1) is 0 Å². The number of ether oxygens (including phenoxy) is 2. The Hall–Kier alpha value is -5.29. The van der Waals surface area contributed by atoms with E-state index in [4.69, 9.17) is 9.47 Å². The molecule has 4 aromatic carbocycles. The maximum absolute atomic E-state index is 13.6. The summed E-state index contributed by atoms with van der Waals surface area (Å²) in [5.41, 5.74) is 6.21. The molecule has 2 N–H and O–H groups in total. The average Bonchev–Trinajstić information content (AvgIpc) is 3.76. The fourth-order valence-electron chi connectivity index (χ4n) is 6.65. The first-order valence-electron chi connectivity index (χ1n) is 15.8. The molecule has 0 radical (unpaired) electrons. The van der Waals surface area contributed by atoms with Gasteiger partial charge in [0.2, 0.25) is 0 Å². The molecular weight excluding hydrogens is 628 g/mol. The Morgan fingerprint density at radius 3 is 2.21 bits per heavy atom. The molecule has 1 aliphatic heterocycles. The minimum Gasteiger partial charge on any atom is -0.495 e. The number of benzene rings is 4. The summed E-state index contributed by atoms with van der Waals surface area (Å²) in [5.74, 6) is 0.126. The summed E-state index contributed by atoms with van der Waals surface area (Å²) in [6.07, 6.45) is 2.71. The number of aromatic nitrogens is 1. The number of sulfonamides is 1. The first kappa shape index (κ1) is 31.3. The van der Waals surface area contributed by atoms with E-state index < -0.39 is 21.6 Å². The third kappa shape index (κ3) is 5.64. The van der Waals surface area contributed by atoms with Gasteiger partial charge in [-0.3, -0.25) is 4.79 Å². The zero-order chi connectivity index (χ0) is 33.6. The maximum Gasteiger partial charge on any atom is 0.329 e. The highest BCUT2D eigenvalue weighted by molar-refractivity contribution is 7.90. The molecule has 3 amide bonds. The Morgan fingerprint density at radius 1 is 0.875 bits per heavy atom. The second-order valence-electron chi connectivity index (χ2n) is 12.4. The number of methoxy groups -OCH3 is 2. The van der Waals surface area contributed by atoms with Crippen molar-refractivity contribution in [1.29, 1.82) is 0 Å². The predicted molar refractivity (Wildman–Crippen MR) is 183 cm³/mol. The van der Waals surface area contributed by atoms with Crippen LogP contribution in [-0.2, 0) is 22.9 Å². The third-order valence-electron chi connectivity index (χ3n) is 9.27. The van der Waals surface area contributed by atoms with E-state index in [0.29, 0.717) is 31.5 Å². The van der Waals surface area contributed by atoms with Gasteiger partial charge < -0.3 is 24.3 Å². The largest absolute Gasteiger partial charge is 0.495 e. The molecule has 1 aliphatic carbocycles. The van der Waals surface area contributed by atoms with E-state index in [9.17, 15) is 18.0 Å². The van der Waals surface area contributed by atoms with Gasteiger partial charge in [0.05, 0.1) is 19.7 Å². The molecule has 1 aromatic heterocycles. The number of carbonyl (C=O) groups is 2. The van der Waals surface area contributed by atoms with Crippen LogP contribution in [0.3, 0.4) is 0 Å². The van der Waals surface area contributed by atoms with E-state index >= 15 is 0 Å². The number of rotatable bonds is 9. The molecule has 2 aliphatic rings. The van der Waals surface area contributed by atoms with Gasteiger partial charge in [0.25, 0.3) is 15.9 Å². The molecule has 11 heteroatoms.